The van der Waals surface area contributed by atoms with Gasteiger partial charge < -0.3 is 9.15 Å². The summed E-state index contributed by atoms with van der Waals surface area (Å²) >= 11 is 11.8. The highest BCUT2D eigenvalue weighted by atomic mass is 35.5. The Morgan fingerprint density at radius 2 is 2.25 bits per heavy atom. The molecule has 1 aromatic carbocycles. The molecule has 16 heavy (non-hydrogen) atoms. The lowest BCUT2D eigenvalue weighted by Crippen LogP contribution is -1.85. The standard InChI is InChI=1S/C11H9Cl2NO2/c1-15-8-4-2-3-7(11(8)13)9-6-14-10(5-12)16-9/h2-4,6H,5H2,1H3. The van der Waals surface area contributed by atoms with Crippen molar-refractivity contribution in [2.75, 3.05) is 7.11 Å². The zero-order valence-electron chi connectivity index (χ0n) is 8.54. The maximum absolute atomic E-state index is 6.15. The third-order valence-corrected chi connectivity index (χ3v) is 2.74. The van der Waals surface area contributed by atoms with Crippen LogP contribution < -0.4 is 4.74 Å². The van der Waals surface area contributed by atoms with Crippen LogP contribution in [0.2, 0.25) is 5.02 Å². The van der Waals surface area contributed by atoms with Gasteiger partial charge in [-0.05, 0) is 12.1 Å². The number of oxazole rings is 1. The second-order valence-electron chi connectivity index (χ2n) is 3.07. The van der Waals surface area contributed by atoms with Crippen molar-refractivity contribution in [2.45, 2.75) is 5.88 Å². The fourth-order valence-corrected chi connectivity index (χ4v) is 1.78. The van der Waals surface area contributed by atoms with E-state index in [1.807, 2.05) is 12.1 Å². The van der Waals surface area contributed by atoms with Crippen molar-refractivity contribution in [2.24, 2.45) is 0 Å². The highest BCUT2D eigenvalue weighted by Gasteiger charge is 2.12. The molecule has 2 aromatic rings. The van der Waals surface area contributed by atoms with Gasteiger partial charge in [-0.1, -0.05) is 17.7 Å². The van der Waals surface area contributed by atoms with Crippen molar-refractivity contribution in [3.05, 3.63) is 35.3 Å². The summed E-state index contributed by atoms with van der Waals surface area (Å²) in [5.41, 5.74) is 0.741. The number of hydrogen-bond acceptors (Lipinski definition) is 3. The van der Waals surface area contributed by atoms with E-state index in [0.717, 1.165) is 5.56 Å². The van der Waals surface area contributed by atoms with Gasteiger partial charge in [0, 0.05) is 5.56 Å². The molecule has 0 N–H and O–H groups in total. The number of ether oxygens (including phenoxy) is 1. The van der Waals surface area contributed by atoms with Crippen LogP contribution in [-0.2, 0) is 5.88 Å². The molecule has 0 spiro atoms. The average molecular weight is 258 g/mol. The van der Waals surface area contributed by atoms with E-state index in [1.54, 1.807) is 19.4 Å². The van der Waals surface area contributed by atoms with Gasteiger partial charge in [0.2, 0.25) is 5.89 Å². The van der Waals surface area contributed by atoms with Crippen molar-refractivity contribution in [1.29, 1.82) is 0 Å². The second kappa shape index (κ2) is 4.76. The van der Waals surface area contributed by atoms with Crippen LogP contribution in [0.15, 0.2) is 28.8 Å². The van der Waals surface area contributed by atoms with Gasteiger partial charge in [0.15, 0.2) is 5.76 Å². The maximum Gasteiger partial charge on any atom is 0.209 e. The summed E-state index contributed by atoms with van der Waals surface area (Å²) in [7, 11) is 1.57. The zero-order valence-corrected chi connectivity index (χ0v) is 10.0. The van der Waals surface area contributed by atoms with Gasteiger partial charge in [0.25, 0.3) is 0 Å². The highest BCUT2D eigenvalue weighted by molar-refractivity contribution is 6.34. The summed E-state index contributed by atoms with van der Waals surface area (Å²) in [6, 6.07) is 5.46. The molecule has 3 nitrogen and oxygen atoms in total. The molecule has 0 atom stereocenters. The van der Waals surface area contributed by atoms with E-state index in [9.17, 15) is 0 Å². The van der Waals surface area contributed by atoms with Gasteiger partial charge in [-0.3, -0.25) is 0 Å². The summed E-state index contributed by atoms with van der Waals surface area (Å²) < 4.78 is 10.5. The maximum atomic E-state index is 6.15. The molecule has 1 heterocycles. The highest BCUT2D eigenvalue weighted by Crippen LogP contribution is 2.35. The molecule has 0 amide bonds. The third kappa shape index (κ3) is 2.01. The van der Waals surface area contributed by atoms with Crippen molar-refractivity contribution >= 4 is 23.2 Å². The second-order valence-corrected chi connectivity index (χ2v) is 3.72. The molecule has 1 aromatic heterocycles. The summed E-state index contributed by atoms with van der Waals surface area (Å²) in [6.07, 6.45) is 1.60. The Bertz CT molecular complexity index is 496. The van der Waals surface area contributed by atoms with Gasteiger partial charge in [-0.25, -0.2) is 4.98 Å². The minimum Gasteiger partial charge on any atom is -0.495 e. The minimum atomic E-state index is 0.238. The van der Waals surface area contributed by atoms with Crippen molar-refractivity contribution in [3.8, 4) is 17.1 Å². The van der Waals surface area contributed by atoms with Gasteiger partial charge in [0.1, 0.15) is 5.75 Å². The van der Waals surface area contributed by atoms with Gasteiger partial charge in [-0.2, -0.15) is 0 Å². The van der Waals surface area contributed by atoms with Crippen LogP contribution in [-0.4, -0.2) is 12.1 Å². The van der Waals surface area contributed by atoms with Crippen molar-refractivity contribution in [1.82, 2.24) is 4.98 Å². The van der Waals surface area contributed by atoms with Crippen LogP contribution in [0.25, 0.3) is 11.3 Å². The summed E-state index contributed by atoms with van der Waals surface area (Å²) in [5.74, 6) is 1.89. The average Bonchev–Trinajstić information content (AvgIpc) is 2.78. The van der Waals surface area contributed by atoms with E-state index < -0.39 is 0 Å². The van der Waals surface area contributed by atoms with Gasteiger partial charge in [-0.15, -0.1) is 11.6 Å². The predicted molar refractivity (Wildman–Crippen MR) is 63.1 cm³/mol. The van der Waals surface area contributed by atoms with Crippen molar-refractivity contribution in [3.63, 3.8) is 0 Å². The molecule has 5 heteroatoms. The molecule has 0 bridgehead atoms. The Balaban J connectivity index is 2.47. The molecule has 0 aliphatic rings. The number of nitrogens with zero attached hydrogens (tertiary/aromatic N) is 1. The Kier molecular flexibility index (Phi) is 3.36. The van der Waals surface area contributed by atoms with E-state index in [-0.39, 0.29) is 5.88 Å². The first kappa shape index (κ1) is 11.3. The molecule has 0 saturated heterocycles. The number of benzene rings is 1. The summed E-state index contributed by atoms with van der Waals surface area (Å²) in [6.45, 7) is 0. The fraction of sp³-hybridized carbons (Fsp3) is 0.182. The number of alkyl halides is 1. The predicted octanol–water partition coefficient (Wildman–Crippen LogP) is 3.74. The number of rotatable bonds is 3. The monoisotopic (exact) mass is 257 g/mol. The van der Waals surface area contributed by atoms with Crippen LogP contribution >= 0.6 is 23.2 Å². The molecule has 0 saturated carbocycles. The molecule has 0 radical (unpaired) electrons. The largest absolute Gasteiger partial charge is 0.495 e. The Morgan fingerprint density at radius 3 is 2.88 bits per heavy atom. The number of hydrogen-bond donors (Lipinski definition) is 0. The first-order valence-corrected chi connectivity index (χ1v) is 5.51. The Morgan fingerprint density at radius 1 is 1.44 bits per heavy atom. The lowest BCUT2D eigenvalue weighted by molar-refractivity contribution is 0.415. The lowest BCUT2D eigenvalue weighted by Gasteiger charge is -2.05. The quantitative estimate of drug-likeness (QED) is 0.786. The van der Waals surface area contributed by atoms with E-state index in [2.05, 4.69) is 4.98 Å². The zero-order chi connectivity index (χ0) is 11.5. The van der Waals surface area contributed by atoms with Crippen molar-refractivity contribution < 1.29 is 9.15 Å². The van der Waals surface area contributed by atoms with E-state index >= 15 is 0 Å². The normalized spacial score (nSPS) is 10.4. The smallest absolute Gasteiger partial charge is 0.209 e. The SMILES string of the molecule is COc1cccc(-c2cnc(CCl)o2)c1Cl. The number of methoxy groups -OCH3 is 1. The number of halogens is 2. The molecular formula is C11H9Cl2NO2. The molecule has 0 aliphatic heterocycles. The Hall–Kier alpha value is -1.19. The van der Waals surface area contributed by atoms with Crippen LogP contribution in [0.3, 0.4) is 0 Å². The lowest BCUT2D eigenvalue weighted by atomic mass is 10.2. The van der Waals surface area contributed by atoms with E-state index in [1.165, 1.54) is 0 Å². The minimum absolute atomic E-state index is 0.238. The number of aromatic nitrogens is 1. The third-order valence-electron chi connectivity index (χ3n) is 2.12. The summed E-state index contributed by atoms with van der Waals surface area (Å²) in [5, 5.41) is 0.502. The van der Waals surface area contributed by atoms with Crippen LogP contribution in [0, 0.1) is 0 Å². The van der Waals surface area contributed by atoms with E-state index in [0.29, 0.717) is 22.4 Å². The molecule has 0 aliphatic carbocycles. The Labute approximate surface area is 103 Å². The first-order valence-electron chi connectivity index (χ1n) is 4.59. The molecule has 0 fully saturated rings. The van der Waals surface area contributed by atoms with E-state index in [4.69, 9.17) is 32.4 Å². The molecule has 2 rings (SSSR count). The summed E-state index contributed by atoms with van der Waals surface area (Å²) in [4.78, 5) is 4.01. The van der Waals surface area contributed by atoms with Crippen LogP contribution in [0.4, 0.5) is 0 Å². The molecule has 0 unspecified atom stereocenters. The van der Waals surface area contributed by atoms with Gasteiger partial charge in [0.05, 0.1) is 24.2 Å². The first-order chi connectivity index (χ1) is 7.76. The van der Waals surface area contributed by atoms with Crippen LogP contribution in [0.5, 0.6) is 5.75 Å². The molecular weight excluding hydrogens is 249 g/mol. The van der Waals surface area contributed by atoms with Gasteiger partial charge >= 0.3 is 0 Å². The van der Waals surface area contributed by atoms with Crippen LogP contribution in [0.1, 0.15) is 5.89 Å². The fourth-order valence-electron chi connectivity index (χ4n) is 1.36. The topological polar surface area (TPSA) is 35.3 Å². The molecule has 84 valence electrons.